The van der Waals surface area contributed by atoms with Crippen LogP contribution in [0, 0.1) is 12.8 Å². The van der Waals surface area contributed by atoms with E-state index < -0.39 is 12.0 Å². The Kier molecular flexibility index (Phi) is 5.76. The van der Waals surface area contributed by atoms with Crippen LogP contribution in [0.2, 0.25) is 0 Å². The number of hydrogen-bond donors (Lipinski definition) is 1. The lowest BCUT2D eigenvalue weighted by molar-refractivity contribution is -0.138. The molecule has 1 aliphatic heterocycles. The number of nitrogens with one attached hydrogen (secondary N) is 1. The Bertz CT molecular complexity index is 802. The van der Waals surface area contributed by atoms with Crippen LogP contribution in [0.5, 0.6) is 5.75 Å². The first kappa shape index (κ1) is 18.9. The SMILES string of the molecule is CONC(=O)[C@@H]1CCC(=O)N(c2ccc(C)cc2)[C@@H]1c1ccc(OC)cc1. The summed E-state index contributed by atoms with van der Waals surface area (Å²) in [6, 6.07) is 14.8. The van der Waals surface area contributed by atoms with Gasteiger partial charge in [0.2, 0.25) is 11.8 Å². The smallest absolute Gasteiger partial charge is 0.249 e. The molecule has 142 valence electrons. The van der Waals surface area contributed by atoms with Crippen LogP contribution in [0.1, 0.15) is 30.0 Å². The molecule has 2 atom stereocenters. The van der Waals surface area contributed by atoms with Gasteiger partial charge in [-0.2, -0.15) is 0 Å². The summed E-state index contributed by atoms with van der Waals surface area (Å²) in [4.78, 5) is 32.1. The number of methoxy groups -OCH3 is 1. The number of piperidine rings is 1. The largest absolute Gasteiger partial charge is 0.497 e. The van der Waals surface area contributed by atoms with Gasteiger partial charge in [0.1, 0.15) is 5.75 Å². The minimum atomic E-state index is -0.421. The summed E-state index contributed by atoms with van der Waals surface area (Å²) < 4.78 is 5.24. The van der Waals surface area contributed by atoms with E-state index in [0.717, 1.165) is 22.6 Å². The highest BCUT2D eigenvalue weighted by atomic mass is 16.6. The maximum Gasteiger partial charge on any atom is 0.249 e. The second kappa shape index (κ2) is 8.22. The number of hydrogen-bond acceptors (Lipinski definition) is 4. The van der Waals surface area contributed by atoms with Gasteiger partial charge in [-0.3, -0.25) is 14.4 Å². The Hall–Kier alpha value is -2.86. The Morgan fingerprint density at radius 3 is 2.33 bits per heavy atom. The molecule has 0 unspecified atom stereocenters. The number of aryl methyl sites for hydroxylation is 1. The number of ether oxygens (including phenoxy) is 1. The van der Waals surface area contributed by atoms with Gasteiger partial charge >= 0.3 is 0 Å². The van der Waals surface area contributed by atoms with E-state index in [4.69, 9.17) is 9.57 Å². The van der Waals surface area contributed by atoms with Crippen molar-refractivity contribution in [3.05, 3.63) is 59.7 Å². The number of carbonyl (C=O) groups excluding carboxylic acids is 2. The predicted octanol–water partition coefficient (Wildman–Crippen LogP) is 3.17. The molecule has 6 nitrogen and oxygen atoms in total. The summed E-state index contributed by atoms with van der Waals surface area (Å²) in [5.74, 6) is 0.0714. The zero-order chi connectivity index (χ0) is 19.4. The van der Waals surface area contributed by atoms with Crippen LogP contribution in [0.3, 0.4) is 0 Å². The van der Waals surface area contributed by atoms with E-state index in [2.05, 4.69) is 5.48 Å². The summed E-state index contributed by atoms with van der Waals surface area (Å²) in [5, 5.41) is 0. The summed E-state index contributed by atoms with van der Waals surface area (Å²) in [6.07, 6.45) is 0.773. The summed E-state index contributed by atoms with van der Waals surface area (Å²) in [5.41, 5.74) is 5.20. The molecule has 2 aromatic rings. The summed E-state index contributed by atoms with van der Waals surface area (Å²) >= 11 is 0. The number of nitrogens with zero attached hydrogens (tertiary/aromatic N) is 1. The number of rotatable bonds is 5. The van der Waals surface area contributed by atoms with E-state index in [1.165, 1.54) is 7.11 Å². The van der Waals surface area contributed by atoms with Crippen LogP contribution in [0.25, 0.3) is 0 Å². The van der Waals surface area contributed by atoms with Gasteiger partial charge in [0, 0.05) is 12.1 Å². The number of benzene rings is 2. The maximum absolute atomic E-state index is 12.9. The van der Waals surface area contributed by atoms with Crippen molar-refractivity contribution in [2.45, 2.75) is 25.8 Å². The average Bonchev–Trinajstić information content (AvgIpc) is 2.69. The molecule has 0 saturated carbocycles. The standard InChI is InChI=1S/C21H24N2O4/c1-14-4-8-16(9-5-14)23-19(24)13-12-18(21(25)22-27-3)20(23)15-6-10-17(26-2)11-7-15/h4-11,18,20H,12-13H2,1-3H3,(H,22,25)/t18-,20-/m1/s1. The van der Waals surface area contributed by atoms with Gasteiger partial charge in [-0.25, -0.2) is 5.48 Å². The fourth-order valence-electron chi connectivity index (χ4n) is 3.54. The van der Waals surface area contributed by atoms with Crippen molar-refractivity contribution in [2.75, 3.05) is 19.1 Å². The molecule has 1 fully saturated rings. The van der Waals surface area contributed by atoms with Crippen LogP contribution >= 0.6 is 0 Å². The molecule has 3 rings (SSSR count). The van der Waals surface area contributed by atoms with Crippen LogP contribution < -0.4 is 15.1 Å². The molecule has 0 aliphatic carbocycles. The normalized spacial score (nSPS) is 19.7. The molecular weight excluding hydrogens is 344 g/mol. The molecule has 0 spiro atoms. The number of anilines is 1. The van der Waals surface area contributed by atoms with Crippen LogP contribution in [-0.2, 0) is 14.4 Å². The topological polar surface area (TPSA) is 67.9 Å². The van der Waals surface area contributed by atoms with Crippen LogP contribution in [0.15, 0.2) is 48.5 Å². The Balaban J connectivity index is 2.06. The number of hydroxylamine groups is 1. The summed E-state index contributed by atoms with van der Waals surface area (Å²) in [6.45, 7) is 2.00. The predicted molar refractivity (Wildman–Crippen MR) is 102 cm³/mol. The lowest BCUT2D eigenvalue weighted by Gasteiger charge is -2.40. The molecule has 1 N–H and O–H groups in total. The van der Waals surface area contributed by atoms with Crippen molar-refractivity contribution in [1.29, 1.82) is 0 Å². The van der Waals surface area contributed by atoms with Crippen LogP contribution in [0.4, 0.5) is 5.69 Å². The minimum absolute atomic E-state index is 0.00105. The van der Waals surface area contributed by atoms with Crippen molar-refractivity contribution < 1.29 is 19.2 Å². The lowest BCUT2D eigenvalue weighted by atomic mass is 9.83. The molecule has 6 heteroatoms. The van der Waals surface area contributed by atoms with Gasteiger partial charge in [0.25, 0.3) is 0 Å². The third-order valence-corrected chi connectivity index (χ3v) is 4.91. The molecular formula is C21H24N2O4. The highest BCUT2D eigenvalue weighted by Gasteiger charge is 2.41. The van der Waals surface area contributed by atoms with E-state index >= 15 is 0 Å². The quantitative estimate of drug-likeness (QED) is 0.823. The highest BCUT2D eigenvalue weighted by Crippen LogP contribution is 2.40. The maximum atomic E-state index is 12.9. The minimum Gasteiger partial charge on any atom is -0.497 e. The lowest BCUT2D eigenvalue weighted by Crippen LogP contribution is -2.48. The molecule has 0 aromatic heterocycles. The zero-order valence-corrected chi connectivity index (χ0v) is 15.8. The Morgan fingerprint density at radius 2 is 1.74 bits per heavy atom. The second-order valence-corrected chi connectivity index (χ2v) is 6.63. The molecule has 1 aliphatic rings. The third-order valence-electron chi connectivity index (χ3n) is 4.91. The summed E-state index contributed by atoms with van der Waals surface area (Å²) in [7, 11) is 3.01. The molecule has 2 amide bonds. The Labute approximate surface area is 159 Å². The van der Waals surface area contributed by atoms with E-state index in [-0.39, 0.29) is 11.8 Å². The number of carbonyl (C=O) groups is 2. The first-order valence-corrected chi connectivity index (χ1v) is 8.90. The average molecular weight is 368 g/mol. The molecule has 1 saturated heterocycles. The van der Waals surface area contributed by atoms with Crippen molar-refractivity contribution >= 4 is 17.5 Å². The third kappa shape index (κ3) is 3.95. The highest BCUT2D eigenvalue weighted by molar-refractivity contribution is 5.97. The van der Waals surface area contributed by atoms with Gasteiger partial charge in [-0.05, 0) is 43.2 Å². The van der Waals surface area contributed by atoms with Crippen molar-refractivity contribution in [1.82, 2.24) is 5.48 Å². The Morgan fingerprint density at radius 1 is 1.07 bits per heavy atom. The molecule has 0 bridgehead atoms. The van der Waals surface area contributed by atoms with Gasteiger partial charge < -0.3 is 9.64 Å². The monoisotopic (exact) mass is 368 g/mol. The first-order chi connectivity index (χ1) is 13.0. The molecule has 2 aromatic carbocycles. The first-order valence-electron chi connectivity index (χ1n) is 8.90. The molecule has 0 radical (unpaired) electrons. The molecule has 1 heterocycles. The van der Waals surface area contributed by atoms with E-state index in [1.807, 2.05) is 55.5 Å². The van der Waals surface area contributed by atoms with Gasteiger partial charge in [0.05, 0.1) is 26.2 Å². The second-order valence-electron chi connectivity index (χ2n) is 6.63. The van der Waals surface area contributed by atoms with Gasteiger partial charge in [-0.1, -0.05) is 29.8 Å². The van der Waals surface area contributed by atoms with Crippen molar-refractivity contribution in [3.8, 4) is 5.75 Å². The number of amides is 2. The zero-order valence-electron chi connectivity index (χ0n) is 15.8. The van der Waals surface area contributed by atoms with Gasteiger partial charge in [0.15, 0.2) is 0 Å². The van der Waals surface area contributed by atoms with Crippen LogP contribution in [-0.4, -0.2) is 26.0 Å². The van der Waals surface area contributed by atoms with E-state index in [1.54, 1.807) is 12.0 Å². The fraction of sp³-hybridized carbons (Fsp3) is 0.333. The molecule has 27 heavy (non-hydrogen) atoms. The fourth-order valence-corrected chi connectivity index (χ4v) is 3.54. The van der Waals surface area contributed by atoms with Crippen molar-refractivity contribution in [2.24, 2.45) is 5.92 Å². The van der Waals surface area contributed by atoms with Gasteiger partial charge in [-0.15, -0.1) is 0 Å². The van der Waals surface area contributed by atoms with Crippen molar-refractivity contribution in [3.63, 3.8) is 0 Å². The van der Waals surface area contributed by atoms with E-state index in [0.29, 0.717) is 12.8 Å². The van der Waals surface area contributed by atoms with E-state index in [9.17, 15) is 9.59 Å².